The number of rotatable bonds is 6. The van der Waals surface area contributed by atoms with Gasteiger partial charge in [-0.2, -0.15) is 0 Å². The number of nitrogens with zero attached hydrogens (tertiary/aromatic N) is 1. The molecule has 114 valence electrons. The van der Waals surface area contributed by atoms with Crippen molar-refractivity contribution < 1.29 is 14.4 Å². The normalized spacial score (nSPS) is 10.0. The average molecular weight is 317 g/mol. The molecule has 22 heavy (non-hydrogen) atoms. The highest BCUT2D eigenvalue weighted by Gasteiger charge is 2.07. The fourth-order valence-electron chi connectivity index (χ4n) is 1.75. The lowest BCUT2D eigenvalue weighted by Gasteiger charge is -2.06. The zero-order chi connectivity index (χ0) is 15.9. The summed E-state index contributed by atoms with van der Waals surface area (Å²) >= 11 is 1.38. The first-order valence-corrected chi connectivity index (χ1v) is 7.52. The van der Waals surface area contributed by atoms with Gasteiger partial charge >= 0.3 is 0 Å². The summed E-state index contributed by atoms with van der Waals surface area (Å²) in [6, 6.07) is 6.97. The second kappa shape index (κ2) is 7.46. The van der Waals surface area contributed by atoms with Gasteiger partial charge in [0, 0.05) is 36.5 Å². The van der Waals surface area contributed by atoms with Gasteiger partial charge in [0.1, 0.15) is 10.7 Å². The van der Waals surface area contributed by atoms with E-state index in [0.29, 0.717) is 30.6 Å². The quantitative estimate of drug-likeness (QED) is 0.624. The van der Waals surface area contributed by atoms with Gasteiger partial charge < -0.3 is 10.6 Å². The molecule has 0 aliphatic heterocycles. The minimum absolute atomic E-state index is 0.128. The molecule has 0 aliphatic carbocycles. The molecular weight excluding hydrogens is 302 g/mol. The van der Waals surface area contributed by atoms with E-state index in [-0.39, 0.29) is 11.8 Å². The second-order valence-corrected chi connectivity index (χ2v) is 5.37. The molecule has 2 aromatic rings. The predicted molar refractivity (Wildman–Crippen MR) is 84.0 cm³/mol. The van der Waals surface area contributed by atoms with Crippen LogP contribution in [0.3, 0.4) is 0 Å². The smallest absolute Gasteiger partial charge is 0.251 e. The van der Waals surface area contributed by atoms with Crippen LogP contribution in [-0.2, 0) is 4.79 Å². The van der Waals surface area contributed by atoms with Gasteiger partial charge in [0.25, 0.3) is 5.91 Å². The Morgan fingerprint density at radius 2 is 1.86 bits per heavy atom. The van der Waals surface area contributed by atoms with Crippen molar-refractivity contribution in [3.8, 4) is 10.6 Å². The third kappa shape index (κ3) is 4.23. The topological polar surface area (TPSA) is 88.2 Å². The highest BCUT2D eigenvalue weighted by atomic mass is 32.1. The molecule has 1 heterocycles. The first-order chi connectivity index (χ1) is 10.6. The van der Waals surface area contributed by atoms with Crippen LogP contribution < -0.4 is 10.6 Å². The first-order valence-electron chi connectivity index (χ1n) is 6.64. The van der Waals surface area contributed by atoms with Gasteiger partial charge in [0.2, 0.25) is 5.91 Å². The van der Waals surface area contributed by atoms with Gasteiger partial charge in [-0.1, -0.05) is 12.1 Å². The number of amides is 2. The van der Waals surface area contributed by atoms with E-state index in [1.165, 1.54) is 18.3 Å². The van der Waals surface area contributed by atoms with Crippen molar-refractivity contribution >= 4 is 29.4 Å². The van der Waals surface area contributed by atoms with E-state index < -0.39 is 0 Å². The molecule has 2 amide bonds. The summed E-state index contributed by atoms with van der Waals surface area (Å²) in [7, 11) is 0. The van der Waals surface area contributed by atoms with Crippen LogP contribution in [0, 0.1) is 0 Å². The van der Waals surface area contributed by atoms with Gasteiger partial charge in [-0.3, -0.25) is 14.4 Å². The third-order valence-electron chi connectivity index (χ3n) is 2.82. The summed E-state index contributed by atoms with van der Waals surface area (Å²) in [5.41, 5.74) is 1.78. The van der Waals surface area contributed by atoms with Crippen molar-refractivity contribution in [2.24, 2.45) is 0 Å². The third-order valence-corrected chi connectivity index (χ3v) is 3.73. The molecular formula is C15H15N3O3S. The number of hydrogen-bond acceptors (Lipinski definition) is 5. The maximum atomic E-state index is 11.9. The summed E-state index contributed by atoms with van der Waals surface area (Å²) < 4.78 is 0. The molecule has 6 nitrogen and oxygen atoms in total. The molecule has 2 N–H and O–H groups in total. The van der Waals surface area contributed by atoms with Gasteiger partial charge in [-0.25, -0.2) is 4.98 Å². The molecule has 0 unspecified atom stereocenters. The van der Waals surface area contributed by atoms with Crippen molar-refractivity contribution in [2.75, 3.05) is 13.1 Å². The van der Waals surface area contributed by atoms with Crippen LogP contribution in [-0.4, -0.2) is 36.2 Å². The zero-order valence-corrected chi connectivity index (χ0v) is 12.8. The minimum Gasteiger partial charge on any atom is -0.355 e. The van der Waals surface area contributed by atoms with E-state index in [1.54, 1.807) is 29.6 Å². The monoisotopic (exact) mass is 317 g/mol. The number of thiazole rings is 1. The molecule has 0 saturated heterocycles. The Hall–Kier alpha value is -2.54. The maximum absolute atomic E-state index is 11.9. The van der Waals surface area contributed by atoms with E-state index >= 15 is 0 Å². The zero-order valence-electron chi connectivity index (χ0n) is 12.0. The molecule has 0 saturated carbocycles. The van der Waals surface area contributed by atoms with Crippen molar-refractivity contribution in [1.29, 1.82) is 0 Å². The van der Waals surface area contributed by atoms with Gasteiger partial charge in [-0.05, 0) is 12.1 Å². The molecule has 1 aromatic carbocycles. The summed E-state index contributed by atoms with van der Waals surface area (Å²) in [5.74, 6) is -0.332. The van der Waals surface area contributed by atoms with Crippen molar-refractivity contribution in [2.45, 2.75) is 6.92 Å². The van der Waals surface area contributed by atoms with Crippen molar-refractivity contribution in [3.05, 3.63) is 40.9 Å². The summed E-state index contributed by atoms with van der Waals surface area (Å²) in [6.07, 6.45) is 0.705. The summed E-state index contributed by atoms with van der Waals surface area (Å²) in [5, 5.41) is 7.74. The van der Waals surface area contributed by atoms with Gasteiger partial charge in [0.05, 0.1) is 0 Å². The first kappa shape index (κ1) is 15.8. The SMILES string of the molecule is CC(=O)NCCNC(=O)c1ccc(-c2nc(C=O)cs2)cc1. The number of carbonyl (C=O) groups excluding carboxylic acids is 3. The second-order valence-electron chi connectivity index (χ2n) is 4.51. The molecule has 0 spiro atoms. The van der Waals surface area contributed by atoms with Crippen molar-refractivity contribution in [3.63, 3.8) is 0 Å². The van der Waals surface area contributed by atoms with Crippen LogP contribution in [0.1, 0.15) is 27.8 Å². The van der Waals surface area contributed by atoms with Crippen LogP contribution in [0.2, 0.25) is 0 Å². The van der Waals surface area contributed by atoms with E-state index in [1.807, 2.05) is 0 Å². The lowest BCUT2D eigenvalue weighted by molar-refractivity contribution is -0.118. The Kier molecular flexibility index (Phi) is 5.37. The van der Waals surface area contributed by atoms with Gasteiger partial charge in [0.15, 0.2) is 6.29 Å². The Morgan fingerprint density at radius 3 is 2.45 bits per heavy atom. The largest absolute Gasteiger partial charge is 0.355 e. The molecule has 0 aliphatic rings. The van der Waals surface area contributed by atoms with Crippen LogP contribution in [0.5, 0.6) is 0 Å². The molecule has 2 rings (SSSR count). The molecule has 1 aromatic heterocycles. The number of aromatic nitrogens is 1. The number of hydrogen-bond donors (Lipinski definition) is 2. The Labute approximate surface area is 131 Å². The molecule has 0 radical (unpaired) electrons. The molecule has 0 bridgehead atoms. The maximum Gasteiger partial charge on any atom is 0.251 e. The highest BCUT2D eigenvalue weighted by Crippen LogP contribution is 2.23. The van der Waals surface area contributed by atoms with E-state index in [9.17, 15) is 14.4 Å². The van der Waals surface area contributed by atoms with Crippen LogP contribution in [0.25, 0.3) is 10.6 Å². The summed E-state index contributed by atoms with van der Waals surface area (Å²) in [6.45, 7) is 2.19. The van der Waals surface area contributed by atoms with Crippen LogP contribution >= 0.6 is 11.3 Å². The summed E-state index contributed by atoms with van der Waals surface area (Å²) in [4.78, 5) is 37.4. The Bertz CT molecular complexity index is 680. The molecule has 7 heteroatoms. The van der Waals surface area contributed by atoms with E-state index in [0.717, 1.165) is 10.6 Å². The van der Waals surface area contributed by atoms with Gasteiger partial charge in [-0.15, -0.1) is 11.3 Å². The average Bonchev–Trinajstić information content (AvgIpc) is 3.00. The predicted octanol–water partition coefficient (Wildman–Crippen LogP) is 1.49. The van der Waals surface area contributed by atoms with Crippen LogP contribution in [0.15, 0.2) is 29.6 Å². The van der Waals surface area contributed by atoms with Crippen molar-refractivity contribution in [1.82, 2.24) is 15.6 Å². The molecule has 0 fully saturated rings. The fraction of sp³-hybridized carbons (Fsp3) is 0.200. The van der Waals surface area contributed by atoms with E-state index in [2.05, 4.69) is 15.6 Å². The highest BCUT2D eigenvalue weighted by molar-refractivity contribution is 7.13. The Balaban J connectivity index is 1.94. The van der Waals surface area contributed by atoms with Crippen LogP contribution in [0.4, 0.5) is 0 Å². The number of carbonyl (C=O) groups is 3. The lowest BCUT2D eigenvalue weighted by atomic mass is 10.1. The number of benzene rings is 1. The standard InChI is InChI=1S/C15H15N3O3S/c1-10(20)16-6-7-17-14(21)11-2-4-12(5-3-11)15-18-13(8-19)9-22-15/h2-5,8-9H,6-7H2,1H3,(H,16,20)(H,17,21). The Morgan fingerprint density at radius 1 is 1.18 bits per heavy atom. The number of aldehydes is 1. The number of nitrogens with one attached hydrogen (secondary N) is 2. The molecule has 0 atom stereocenters. The minimum atomic E-state index is -0.204. The fourth-order valence-corrected chi connectivity index (χ4v) is 2.52. The lowest BCUT2D eigenvalue weighted by Crippen LogP contribution is -2.33. The van der Waals surface area contributed by atoms with E-state index in [4.69, 9.17) is 0 Å².